The lowest BCUT2D eigenvalue weighted by molar-refractivity contribution is -0.120. The smallest absolute Gasteiger partial charge is 0.226 e. The topological polar surface area (TPSA) is 58.2 Å². The first-order chi connectivity index (χ1) is 11.4. The molecule has 2 amide bonds. The van der Waals surface area contributed by atoms with Crippen molar-refractivity contribution in [2.75, 3.05) is 5.32 Å². The third kappa shape index (κ3) is 4.69. The Morgan fingerprint density at radius 3 is 2.12 bits per heavy atom. The summed E-state index contributed by atoms with van der Waals surface area (Å²) in [5, 5.41) is 5.84. The maximum atomic E-state index is 12.5. The van der Waals surface area contributed by atoms with Crippen LogP contribution in [-0.2, 0) is 9.59 Å². The lowest BCUT2D eigenvalue weighted by Gasteiger charge is -2.19. The van der Waals surface area contributed by atoms with Gasteiger partial charge >= 0.3 is 0 Å². The number of benzene rings is 2. The first-order valence-electron chi connectivity index (χ1n) is 8.06. The van der Waals surface area contributed by atoms with Gasteiger partial charge in [0.25, 0.3) is 0 Å². The lowest BCUT2D eigenvalue weighted by atomic mass is 10.0. The number of carbonyl (C=O) groups excluding carboxylic acids is 2. The Balaban J connectivity index is 2.15. The molecule has 0 aliphatic rings. The van der Waals surface area contributed by atoms with Crippen molar-refractivity contribution in [2.45, 2.75) is 40.2 Å². The minimum absolute atomic E-state index is 0.118. The quantitative estimate of drug-likeness (QED) is 0.878. The van der Waals surface area contributed by atoms with E-state index >= 15 is 0 Å². The van der Waals surface area contributed by atoms with Gasteiger partial charge in [0.15, 0.2) is 0 Å². The number of carbonyl (C=O) groups is 2. The van der Waals surface area contributed by atoms with Crippen molar-refractivity contribution < 1.29 is 9.59 Å². The van der Waals surface area contributed by atoms with E-state index in [0.717, 1.165) is 22.4 Å². The summed E-state index contributed by atoms with van der Waals surface area (Å²) < 4.78 is 0. The second-order valence-corrected chi connectivity index (χ2v) is 6.19. The van der Waals surface area contributed by atoms with Crippen molar-refractivity contribution in [3.05, 3.63) is 64.7 Å². The van der Waals surface area contributed by atoms with Crippen molar-refractivity contribution in [1.82, 2.24) is 5.32 Å². The van der Waals surface area contributed by atoms with E-state index in [9.17, 15) is 9.59 Å². The van der Waals surface area contributed by atoms with E-state index < -0.39 is 0 Å². The molecule has 0 saturated heterocycles. The third-order valence-electron chi connectivity index (χ3n) is 3.91. The van der Waals surface area contributed by atoms with E-state index in [4.69, 9.17) is 0 Å². The SMILES string of the molecule is CC(=O)N[C@H](CC(=O)Nc1c(C)cc(C)cc1C)c1ccccc1. The molecule has 4 nitrogen and oxygen atoms in total. The number of hydrogen-bond donors (Lipinski definition) is 2. The van der Waals surface area contributed by atoms with Gasteiger partial charge in [-0.25, -0.2) is 0 Å². The fourth-order valence-corrected chi connectivity index (χ4v) is 2.94. The molecule has 0 spiro atoms. The van der Waals surface area contributed by atoms with E-state index in [1.807, 2.05) is 63.2 Å². The molecule has 24 heavy (non-hydrogen) atoms. The highest BCUT2D eigenvalue weighted by molar-refractivity contribution is 5.93. The fourth-order valence-electron chi connectivity index (χ4n) is 2.94. The monoisotopic (exact) mass is 324 g/mol. The Labute approximate surface area is 143 Å². The highest BCUT2D eigenvalue weighted by Gasteiger charge is 2.18. The van der Waals surface area contributed by atoms with Gasteiger partial charge < -0.3 is 10.6 Å². The molecule has 1 atom stereocenters. The Morgan fingerprint density at radius 2 is 1.58 bits per heavy atom. The molecule has 0 fully saturated rings. The molecule has 0 aromatic heterocycles. The molecule has 2 aromatic rings. The van der Waals surface area contributed by atoms with Crippen molar-refractivity contribution in [1.29, 1.82) is 0 Å². The first kappa shape index (κ1) is 17.7. The average Bonchev–Trinajstić information content (AvgIpc) is 2.50. The van der Waals surface area contributed by atoms with Crippen LogP contribution in [0.15, 0.2) is 42.5 Å². The van der Waals surface area contributed by atoms with Crippen LogP contribution >= 0.6 is 0 Å². The molecule has 2 N–H and O–H groups in total. The van der Waals surface area contributed by atoms with E-state index in [1.54, 1.807) is 0 Å². The minimum atomic E-state index is -0.338. The van der Waals surface area contributed by atoms with Crippen LogP contribution in [0.5, 0.6) is 0 Å². The van der Waals surface area contributed by atoms with Crippen LogP contribution in [0.25, 0.3) is 0 Å². The number of rotatable bonds is 5. The highest BCUT2D eigenvalue weighted by Crippen LogP contribution is 2.23. The standard InChI is InChI=1S/C20H24N2O2/c1-13-10-14(2)20(15(3)11-13)22-19(24)12-18(21-16(4)23)17-8-6-5-7-9-17/h5-11,18H,12H2,1-4H3,(H,21,23)(H,22,24)/t18-/m1/s1. The molecule has 2 rings (SSSR count). The number of hydrogen-bond acceptors (Lipinski definition) is 2. The maximum Gasteiger partial charge on any atom is 0.226 e. The molecule has 0 aliphatic heterocycles. The molecule has 4 heteroatoms. The summed E-state index contributed by atoms with van der Waals surface area (Å²) in [4.78, 5) is 24.0. The van der Waals surface area contributed by atoms with Crippen molar-refractivity contribution in [3.63, 3.8) is 0 Å². The van der Waals surface area contributed by atoms with Gasteiger partial charge in [-0.2, -0.15) is 0 Å². The maximum absolute atomic E-state index is 12.5. The summed E-state index contributed by atoms with van der Waals surface area (Å²) in [6, 6.07) is 13.3. The normalized spacial score (nSPS) is 11.7. The van der Waals surface area contributed by atoms with Crippen LogP contribution in [0, 0.1) is 20.8 Å². The van der Waals surface area contributed by atoms with Crippen molar-refractivity contribution >= 4 is 17.5 Å². The number of nitrogens with one attached hydrogen (secondary N) is 2. The van der Waals surface area contributed by atoms with E-state index in [2.05, 4.69) is 10.6 Å². The summed E-state index contributed by atoms with van der Waals surface area (Å²) in [7, 11) is 0. The van der Waals surface area contributed by atoms with Crippen LogP contribution in [0.4, 0.5) is 5.69 Å². The van der Waals surface area contributed by atoms with Crippen LogP contribution in [0.3, 0.4) is 0 Å². The lowest BCUT2D eigenvalue weighted by Crippen LogP contribution is -2.30. The van der Waals surface area contributed by atoms with E-state index in [-0.39, 0.29) is 24.3 Å². The number of aryl methyl sites for hydroxylation is 3. The van der Waals surface area contributed by atoms with Crippen LogP contribution in [-0.4, -0.2) is 11.8 Å². The summed E-state index contributed by atoms with van der Waals surface area (Å²) >= 11 is 0. The van der Waals surface area contributed by atoms with Crippen LogP contribution in [0.2, 0.25) is 0 Å². The van der Waals surface area contributed by atoms with Crippen molar-refractivity contribution in [3.8, 4) is 0 Å². The van der Waals surface area contributed by atoms with Crippen LogP contribution < -0.4 is 10.6 Å². The van der Waals surface area contributed by atoms with Crippen LogP contribution in [0.1, 0.15) is 41.6 Å². The molecule has 0 aliphatic carbocycles. The third-order valence-corrected chi connectivity index (χ3v) is 3.91. The van der Waals surface area contributed by atoms with Gasteiger partial charge in [0.2, 0.25) is 11.8 Å². The summed E-state index contributed by atoms with van der Waals surface area (Å²) in [5.41, 5.74) is 5.01. The largest absolute Gasteiger partial charge is 0.349 e. The van der Waals surface area contributed by atoms with Crippen molar-refractivity contribution in [2.24, 2.45) is 0 Å². The average molecular weight is 324 g/mol. The van der Waals surface area contributed by atoms with Gasteiger partial charge in [-0.3, -0.25) is 9.59 Å². The van der Waals surface area contributed by atoms with E-state index in [0.29, 0.717) is 0 Å². The molecule has 0 radical (unpaired) electrons. The molecule has 0 unspecified atom stereocenters. The van der Waals surface area contributed by atoms with Gasteiger partial charge in [-0.1, -0.05) is 48.0 Å². The first-order valence-corrected chi connectivity index (χ1v) is 8.06. The predicted molar refractivity (Wildman–Crippen MR) is 96.9 cm³/mol. The molecule has 2 aromatic carbocycles. The molecule has 0 saturated carbocycles. The fraction of sp³-hybridized carbons (Fsp3) is 0.300. The molecular formula is C20H24N2O2. The zero-order valence-electron chi connectivity index (χ0n) is 14.6. The minimum Gasteiger partial charge on any atom is -0.349 e. The summed E-state index contributed by atoms with van der Waals surface area (Å²) in [5.74, 6) is -0.271. The highest BCUT2D eigenvalue weighted by atomic mass is 16.2. The zero-order chi connectivity index (χ0) is 17.7. The van der Waals surface area contributed by atoms with Gasteiger partial charge in [-0.15, -0.1) is 0 Å². The number of amides is 2. The Hall–Kier alpha value is -2.62. The summed E-state index contributed by atoms with van der Waals surface area (Å²) in [6.07, 6.45) is 0.191. The Kier molecular flexibility index (Phi) is 5.74. The molecule has 0 heterocycles. The van der Waals surface area contributed by atoms with Gasteiger partial charge in [-0.05, 0) is 37.5 Å². The number of anilines is 1. The Bertz CT molecular complexity index is 716. The van der Waals surface area contributed by atoms with Gasteiger partial charge in [0.05, 0.1) is 12.5 Å². The molecule has 0 bridgehead atoms. The van der Waals surface area contributed by atoms with Gasteiger partial charge in [0.1, 0.15) is 0 Å². The molecule has 126 valence electrons. The molecular weight excluding hydrogens is 300 g/mol. The predicted octanol–water partition coefficient (Wildman–Crippen LogP) is 3.82. The van der Waals surface area contributed by atoms with E-state index in [1.165, 1.54) is 12.5 Å². The second kappa shape index (κ2) is 7.77. The summed E-state index contributed by atoms with van der Waals surface area (Å²) in [6.45, 7) is 7.46. The second-order valence-electron chi connectivity index (χ2n) is 6.19. The zero-order valence-corrected chi connectivity index (χ0v) is 14.6. The van der Waals surface area contributed by atoms with Gasteiger partial charge in [0, 0.05) is 12.6 Å². The Morgan fingerprint density at radius 1 is 1.00 bits per heavy atom.